The Morgan fingerprint density at radius 1 is 1.47 bits per heavy atom. The minimum atomic E-state index is -0.397. The molecule has 5 nitrogen and oxygen atoms in total. The molecule has 0 amide bonds. The highest BCUT2D eigenvalue weighted by Crippen LogP contribution is 2.07. The quantitative estimate of drug-likeness (QED) is 0.880. The number of rotatable bonds is 3. The maximum atomic E-state index is 11.2. The normalized spacial score (nSPS) is 13.8. The molecule has 0 aliphatic carbocycles. The van der Waals surface area contributed by atoms with E-state index in [9.17, 15) is 4.79 Å². The molecule has 1 aliphatic rings. The van der Waals surface area contributed by atoms with E-state index in [0.29, 0.717) is 12.1 Å². The molecular weight excluding hydrogens is 286 g/mol. The van der Waals surface area contributed by atoms with Crippen LogP contribution in [-0.2, 0) is 10.4 Å². The maximum Gasteiger partial charge on any atom is 0.349 e. The van der Waals surface area contributed by atoms with Gasteiger partial charge >= 0.3 is 5.97 Å². The molecule has 2 rings (SSSR count). The average molecular weight is 298 g/mol. The average Bonchev–Trinajstić information content (AvgIpc) is 2.89. The lowest BCUT2D eigenvalue weighted by atomic mass is 10.1. The third kappa shape index (κ3) is 3.20. The number of nitrogens with zero attached hydrogens (tertiary/aromatic N) is 1. The molecule has 0 saturated carbocycles. The molecule has 1 aliphatic heterocycles. The van der Waals surface area contributed by atoms with Crippen LogP contribution < -0.4 is 10.6 Å². The van der Waals surface area contributed by atoms with Gasteiger partial charge in [-0.05, 0) is 17.7 Å². The Hall–Kier alpha value is -1.56. The molecule has 1 aromatic carbocycles. The summed E-state index contributed by atoms with van der Waals surface area (Å²) in [5.74, 6) is 0.431. The van der Waals surface area contributed by atoms with Gasteiger partial charge in [0.05, 0.1) is 12.1 Å². The molecule has 0 fully saturated rings. The summed E-state index contributed by atoms with van der Waals surface area (Å²) in [6.07, 6.45) is 0. The Morgan fingerprint density at radius 3 is 2.82 bits per heavy atom. The fourth-order valence-corrected chi connectivity index (χ4v) is 1.69. The lowest BCUT2D eigenvalue weighted by Gasteiger charge is -2.06. The third-order valence-corrected chi connectivity index (χ3v) is 2.69. The van der Waals surface area contributed by atoms with E-state index in [0.717, 1.165) is 24.6 Å². The maximum absolute atomic E-state index is 11.2. The molecule has 1 aromatic rings. The summed E-state index contributed by atoms with van der Waals surface area (Å²) in [5, 5.41) is 6.30. The van der Waals surface area contributed by atoms with Crippen LogP contribution in [0, 0.1) is 0 Å². The summed E-state index contributed by atoms with van der Waals surface area (Å²) in [6, 6.07) is 7.21. The summed E-state index contributed by atoms with van der Waals surface area (Å²) >= 11 is 2.66. The summed E-state index contributed by atoms with van der Waals surface area (Å²) in [6.45, 7) is 2.38. The van der Waals surface area contributed by atoms with E-state index in [-0.39, 0.29) is 0 Å². The van der Waals surface area contributed by atoms with Gasteiger partial charge in [-0.25, -0.2) is 4.79 Å². The van der Waals surface area contributed by atoms with Gasteiger partial charge in [0.25, 0.3) is 0 Å². The molecule has 0 spiro atoms. The third-order valence-electron chi connectivity index (χ3n) is 2.39. The zero-order valence-corrected chi connectivity index (χ0v) is 10.7. The molecule has 1 heterocycles. The predicted molar refractivity (Wildman–Crippen MR) is 67.9 cm³/mol. The van der Waals surface area contributed by atoms with Crippen LogP contribution in [-0.4, -0.2) is 25.0 Å². The van der Waals surface area contributed by atoms with Crippen LogP contribution in [0.2, 0.25) is 0 Å². The van der Waals surface area contributed by atoms with Crippen LogP contribution >= 0.6 is 16.3 Å². The summed E-state index contributed by atoms with van der Waals surface area (Å²) in [4.78, 5) is 15.4. The van der Waals surface area contributed by atoms with Gasteiger partial charge in [-0.15, -0.1) is 0 Å². The molecule has 6 heteroatoms. The summed E-state index contributed by atoms with van der Waals surface area (Å²) in [5.41, 5.74) is 1.59. The fraction of sp³-hybridized carbons (Fsp3) is 0.273. The second kappa shape index (κ2) is 5.67. The van der Waals surface area contributed by atoms with Crippen molar-refractivity contribution < 1.29 is 8.62 Å². The molecule has 0 radical (unpaired) electrons. The Balaban J connectivity index is 1.91. The van der Waals surface area contributed by atoms with E-state index in [4.69, 9.17) is 0 Å². The first kappa shape index (κ1) is 11.9. The van der Waals surface area contributed by atoms with Crippen molar-refractivity contribution in [1.82, 2.24) is 10.6 Å². The van der Waals surface area contributed by atoms with Crippen LogP contribution in [0.3, 0.4) is 0 Å². The Bertz CT molecular complexity index is 431. The number of halogens is 1. The fourth-order valence-electron chi connectivity index (χ4n) is 1.51. The van der Waals surface area contributed by atoms with Crippen molar-refractivity contribution in [3.63, 3.8) is 0 Å². The van der Waals surface area contributed by atoms with Gasteiger partial charge in [0, 0.05) is 13.1 Å². The number of nitrogens with one attached hydrogen (secondary N) is 2. The summed E-state index contributed by atoms with van der Waals surface area (Å²) < 4.78 is 4.45. The van der Waals surface area contributed by atoms with Crippen molar-refractivity contribution in [3.8, 4) is 0 Å². The van der Waals surface area contributed by atoms with Gasteiger partial charge in [0.1, 0.15) is 0 Å². The molecule has 90 valence electrons. The van der Waals surface area contributed by atoms with Crippen molar-refractivity contribution in [2.75, 3.05) is 13.1 Å². The second-order valence-corrected chi connectivity index (χ2v) is 3.90. The van der Waals surface area contributed by atoms with Crippen LogP contribution in [0.15, 0.2) is 29.3 Å². The number of hydrogen-bond acceptors (Lipinski definition) is 5. The predicted octanol–water partition coefficient (Wildman–Crippen LogP) is 1.20. The van der Waals surface area contributed by atoms with Gasteiger partial charge in [0.15, 0.2) is 22.2 Å². The summed E-state index contributed by atoms with van der Waals surface area (Å²) in [7, 11) is 0. The first-order valence-corrected chi connectivity index (χ1v) is 5.88. The van der Waals surface area contributed by atoms with Crippen molar-refractivity contribution in [2.45, 2.75) is 6.54 Å². The molecule has 0 bridgehead atoms. The number of guanidine groups is 1. The zero-order valence-electron chi connectivity index (χ0n) is 9.07. The molecule has 0 atom stereocenters. The SMILES string of the molecule is O=C(OBr)c1ccc(CNC2=NCCN2)cc1. The van der Waals surface area contributed by atoms with Crippen molar-refractivity contribution in [1.29, 1.82) is 0 Å². The van der Waals surface area contributed by atoms with Gasteiger partial charge in [-0.2, -0.15) is 0 Å². The highest BCUT2D eigenvalue weighted by molar-refractivity contribution is 9.06. The first-order valence-electron chi connectivity index (χ1n) is 5.23. The molecule has 0 unspecified atom stereocenters. The van der Waals surface area contributed by atoms with E-state index >= 15 is 0 Å². The molecule has 0 aromatic heterocycles. The van der Waals surface area contributed by atoms with Crippen molar-refractivity contribution in [3.05, 3.63) is 35.4 Å². The number of hydrogen-bond donors (Lipinski definition) is 2. The molecule has 0 saturated heterocycles. The smallest absolute Gasteiger partial charge is 0.349 e. The van der Waals surface area contributed by atoms with Crippen LogP contribution in [0.25, 0.3) is 0 Å². The molecular formula is C11H12BrN3O2. The van der Waals surface area contributed by atoms with Crippen molar-refractivity contribution in [2.24, 2.45) is 4.99 Å². The number of benzene rings is 1. The topological polar surface area (TPSA) is 62.7 Å². The Labute approximate surface area is 108 Å². The lowest BCUT2D eigenvalue weighted by molar-refractivity contribution is 0.0782. The standard InChI is InChI=1S/C11H12BrN3O2/c12-17-10(16)9-3-1-8(2-4-9)7-15-11-13-5-6-14-11/h1-4H,5-7H2,(H2,13,14,15). The highest BCUT2D eigenvalue weighted by Gasteiger charge is 2.06. The van der Waals surface area contributed by atoms with E-state index in [1.807, 2.05) is 12.1 Å². The minimum absolute atomic E-state index is 0.397. The van der Waals surface area contributed by atoms with Crippen LogP contribution in [0.5, 0.6) is 0 Å². The van der Waals surface area contributed by atoms with Crippen LogP contribution in [0.4, 0.5) is 0 Å². The first-order chi connectivity index (χ1) is 8.29. The highest BCUT2D eigenvalue weighted by atomic mass is 79.9. The van der Waals surface area contributed by atoms with Gasteiger partial charge in [-0.3, -0.25) is 4.99 Å². The van der Waals surface area contributed by atoms with E-state index in [1.54, 1.807) is 12.1 Å². The van der Waals surface area contributed by atoms with Gasteiger partial charge < -0.3 is 14.5 Å². The lowest BCUT2D eigenvalue weighted by Crippen LogP contribution is -2.33. The monoisotopic (exact) mass is 297 g/mol. The molecule has 2 N–H and O–H groups in total. The van der Waals surface area contributed by atoms with E-state index in [1.165, 1.54) is 0 Å². The zero-order chi connectivity index (χ0) is 12.1. The number of carbonyl (C=O) groups is 1. The van der Waals surface area contributed by atoms with Crippen molar-refractivity contribution >= 4 is 28.2 Å². The number of aliphatic imine (C=N–C) groups is 1. The van der Waals surface area contributed by atoms with Gasteiger partial charge in [0.2, 0.25) is 0 Å². The Morgan fingerprint density at radius 2 is 2.24 bits per heavy atom. The van der Waals surface area contributed by atoms with E-state index in [2.05, 4.69) is 35.7 Å². The van der Waals surface area contributed by atoms with Crippen LogP contribution in [0.1, 0.15) is 15.9 Å². The minimum Gasteiger partial charge on any atom is -0.380 e. The van der Waals surface area contributed by atoms with E-state index < -0.39 is 5.97 Å². The van der Waals surface area contributed by atoms with Gasteiger partial charge in [-0.1, -0.05) is 12.1 Å². The number of carbonyl (C=O) groups excluding carboxylic acids is 1. The second-order valence-electron chi connectivity index (χ2n) is 3.57. The Kier molecular flexibility index (Phi) is 3.98. The molecule has 17 heavy (non-hydrogen) atoms. The largest absolute Gasteiger partial charge is 0.380 e.